The van der Waals surface area contributed by atoms with Gasteiger partial charge in [-0.3, -0.25) is 14.9 Å². The fraction of sp³-hybridized carbons (Fsp3) is 0.0909. The molecular weight excluding hydrogens is 226 g/mol. The number of carbonyl (C=O) groups excluding carboxylic acids is 2. The molecule has 1 N–H and O–H groups in total. The molecule has 1 aromatic rings. The Kier molecular flexibility index (Phi) is 4.10. The molecule has 0 bridgehead atoms. The second-order valence-electron chi connectivity index (χ2n) is 3.16. The molecule has 88 valence electrons. The van der Waals surface area contributed by atoms with E-state index < -0.39 is 16.4 Å². The number of phenols is 1. The van der Waals surface area contributed by atoms with Crippen LogP contribution in [0.15, 0.2) is 18.2 Å². The maximum atomic E-state index is 10.6. The van der Waals surface area contributed by atoms with Crippen LogP contribution in [0.5, 0.6) is 5.75 Å². The minimum absolute atomic E-state index is 0.162. The molecule has 0 aliphatic carbocycles. The van der Waals surface area contributed by atoms with E-state index >= 15 is 0 Å². The minimum atomic E-state index is -0.778. The van der Waals surface area contributed by atoms with Crippen molar-refractivity contribution in [2.45, 2.75) is 6.42 Å². The van der Waals surface area contributed by atoms with Gasteiger partial charge in [0.1, 0.15) is 6.29 Å². The highest BCUT2D eigenvalue weighted by molar-refractivity contribution is 5.83. The Labute approximate surface area is 96.3 Å². The zero-order valence-corrected chi connectivity index (χ0v) is 8.70. The first kappa shape index (κ1) is 12.6. The largest absolute Gasteiger partial charge is 0.502 e. The van der Waals surface area contributed by atoms with Gasteiger partial charge in [-0.05, 0) is 11.6 Å². The maximum absolute atomic E-state index is 10.6. The second-order valence-corrected chi connectivity index (χ2v) is 3.16. The Morgan fingerprint density at radius 2 is 2.06 bits per heavy atom. The van der Waals surface area contributed by atoms with Crippen LogP contribution in [0.1, 0.15) is 22.3 Å². The molecule has 0 saturated heterocycles. The number of hydrogen-bond acceptors (Lipinski definition) is 5. The fourth-order valence-corrected chi connectivity index (χ4v) is 1.25. The van der Waals surface area contributed by atoms with Crippen LogP contribution < -0.4 is 0 Å². The zero-order valence-electron chi connectivity index (χ0n) is 8.70. The molecule has 0 aliphatic heterocycles. The molecule has 0 saturated carbocycles. The summed E-state index contributed by atoms with van der Waals surface area (Å²) in [7, 11) is 0. The molecule has 0 spiro atoms. The van der Waals surface area contributed by atoms with E-state index in [1.165, 1.54) is 18.2 Å². The number of carbonyl (C=O) groups is 2. The van der Waals surface area contributed by atoms with Gasteiger partial charge in [0.2, 0.25) is 5.75 Å². The van der Waals surface area contributed by atoms with Crippen molar-refractivity contribution in [3.8, 4) is 5.75 Å². The van der Waals surface area contributed by atoms with Crippen LogP contribution in [-0.4, -0.2) is 22.6 Å². The van der Waals surface area contributed by atoms with E-state index in [2.05, 4.69) is 0 Å². The van der Waals surface area contributed by atoms with E-state index in [0.717, 1.165) is 6.07 Å². The molecule has 0 radical (unpaired) electrons. The number of phenolic OH excluding ortho intramolecular Hbond substituents is 1. The summed E-state index contributed by atoms with van der Waals surface area (Å²) < 4.78 is 0. The van der Waals surface area contributed by atoms with Crippen LogP contribution in [0.2, 0.25) is 0 Å². The molecule has 0 fully saturated rings. The summed E-state index contributed by atoms with van der Waals surface area (Å²) in [5, 5.41) is 20.0. The summed E-state index contributed by atoms with van der Waals surface area (Å²) in [6, 6.07) is 2.43. The summed E-state index contributed by atoms with van der Waals surface area (Å²) in [5.41, 5.74) is -0.330. The van der Waals surface area contributed by atoms with Gasteiger partial charge < -0.3 is 9.90 Å². The van der Waals surface area contributed by atoms with Crippen LogP contribution in [0.3, 0.4) is 0 Å². The molecule has 0 amide bonds. The summed E-state index contributed by atoms with van der Waals surface area (Å²) in [5.74, 6) is -0.655. The second kappa shape index (κ2) is 5.55. The quantitative estimate of drug-likeness (QED) is 0.476. The van der Waals surface area contributed by atoms with Gasteiger partial charge >= 0.3 is 5.69 Å². The number of nitro groups is 1. The Balaban J connectivity index is 3.24. The summed E-state index contributed by atoms with van der Waals surface area (Å²) >= 11 is 0. The molecule has 0 unspecified atom stereocenters. The standard InChI is InChI=1S/C11H9NO5/c13-4-2-1-3-8-5-9(7-14)11(15)10(6-8)12(16)17/h1,3-7,15H,2H2. The van der Waals surface area contributed by atoms with Gasteiger partial charge in [-0.15, -0.1) is 0 Å². The van der Waals surface area contributed by atoms with E-state index in [-0.39, 0.29) is 12.0 Å². The van der Waals surface area contributed by atoms with Crippen LogP contribution in [-0.2, 0) is 4.79 Å². The highest BCUT2D eigenvalue weighted by atomic mass is 16.6. The highest BCUT2D eigenvalue weighted by Gasteiger charge is 2.17. The number of allylic oxidation sites excluding steroid dienone is 1. The topological polar surface area (TPSA) is 97.5 Å². The molecule has 1 aromatic carbocycles. The van der Waals surface area contributed by atoms with Gasteiger partial charge in [-0.25, -0.2) is 0 Å². The summed E-state index contributed by atoms with van der Waals surface area (Å²) in [6.45, 7) is 0. The molecule has 1 rings (SSSR count). The smallest absolute Gasteiger partial charge is 0.312 e. The van der Waals surface area contributed by atoms with Gasteiger partial charge in [0.25, 0.3) is 0 Å². The van der Waals surface area contributed by atoms with E-state index in [0.29, 0.717) is 18.1 Å². The van der Waals surface area contributed by atoms with E-state index in [1.807, 2.05) is 0 Å². The lowest BCUT2D eigenvalue weighted by molar-refractivity contribution is -0.385. The number of benzene rings is 1. The number of hydrogen-bond donors (Lipinski definition) is 1. The monoisotopic (exact) mass is 235 g/mol. The third-order valence-corrected chi connectivity index (χ3v) is 2.01. The lowest BCUT2D eigenvalue weighted by Gasteiger charge is -2.01. The van der Waals surface area contributed by atoms with Gasteiger partial charge in [-0.1, -0.05) is 12.2 Å². The number of aldehydes is 2. The van der Waals surface area contributed by atoms with Crippen molar-refractivity contribution in [2.24, 2.45) is 0 Å². The van der Waals surface area contributed by atoms with Crippen molar-refractivity contribution >= 4 is 24.3 Å². The number of nitrogens with zero attached hydrogens (tertiary/aromatic N) is 1. The first-order chi connectivity index (χ1) is 8.10. The lowest BCUT2D eigenvalue weighted by Crippen LogP contribution is -1.93. The molecule has 0 aliphatic rings. The SMILES string of the molecule is O=CCC=Cc1cc(C=O)c(O)c([N+](=O)[O-])c1. The number of rotatable bonds is 5. The third kappa shape index (κ3) is 2.97. The average molecular weight is 235 g/mol. The third-order valence-electron chi connectivity index (χ3n) is 2.01. The molecule has 6 nitrogen and oxygen atoms in total. The average Bonchev–Trinajstić information content (AvgIpc) is 2.30. The molecule has 0 aromatic heterocycles. The Hall–Kier alpha value is -2.50. The van der Waals surface area contributed by atoms with E-state index in [1.54, 1.807) is 0 Å². The molecule has 0 heterocycles. The van der Waals surface area contributed by atoms with E-state index in [9.17, 15) is 24.8 Å². The van der Waals surface area contributed by atoms with Crippen LogP contribution in [0.25, 0.3) is 6.08 Å². The van der Waals surface area contributed by atoms with Crippen LogP contribution in [0.4, 0.5) is 5.69 Å². The molecular formula is C11H9NO5. The van der Waals surface area contributed by atoms with Crippen molar-refractivity contribution in [3.63, 3.8) is 0 Å². The van der Waals surface area contributed by atoms with Gasteiger partial charge in [-0.2, -0.15) is 0 Å². The van der Waals surface area contributed by atoms with Crippen molar-refractivity contribution in [2.75, 3.05) is 0 Å². The first-order valence-corrected chi connectivity index (χ1v) is 4.67. The van der Waals surface area contributed by atoms with Gasteiger partial charge in [0.15, 0.2) is 6.29 Å². The normalized spacial score (nSPS) is 10.4. The van der Waals surface area contributed by atoms with Crippen molar-refractivity contribution < 1.29 is 19.6 Å². The summed E-state index contributed by atoms with van der Waals surface area (Å²) in [4.78, 5) is 30.6. The van der Waals surface area contributed by atoms with Crippen LogP contribution >= 0.6 is 0 Å². The predicted octanol–water partition coefficient (Wildman–Crippen LogP) is 1.72. The van der Waals surface area contributed by atoms with Crippen LogP contribution in [0, 0.1) is 10.1 Å². The lowest BCUT2D eigenvalue weighted by atomic mass is 10.1. The maximum Gasteiger partial charge on any atom is 0.312 e. The number of aromatic hydroxyl groups is 1. The van der Waals surface area contributed by atoms with Gasteiger partial charge in [0.05, 0.1) is 10.5 Å². The van der Waals surface area contributed by atoms with Crippen molar-refractivity contribution in [1.29, 1.82) is 0 Å². The Bertz CT molecular complexity index is 493. The Morgan fingerprint density at radius 1 is 1.35 bits per heavy atom. The minimum Gasteiger partial charge on any atom is -0.502 e. The first-order valence-electron chi connectivity index (χ1n) is 4.67. The fourth-order valence-electron chi connectivity index (χ4n) is 1.25. The molecule has 17 heavy (non-hydrogen) atoms. The predicted molar refractivity (Wildman–Crippen MR) is 59.9 cm³/mol. The molecule has 0 atom stereocenters. The van der Waals surface area contributed by atoms with Crippen molar-refractivity contribution in [3.05, 3.63) is 39.4 Å². The van der Waals surface area contributed by atoms with Gasteiger partial charge in [0, 0.05) is 12.5 Å². The highest BCUT2D eigenvalue weighted by Crippen LogP contribution is 2.30. The molecule has 6 heteroatoms. The summed E-state index contributed by atoms with van der Waals surface area (Å²) in [6.07, 6.45) is 4.14. The Morgan fingerprint density at radius 3 is 2.59 bits per heavy atom. The zero-order chi connectivity index (χ0) is 12.8. The van der Waals surface area contributed by atoms with E-state index in [4.69, 9.17) is 0 Å². The van der Waals surface area contributed by atoms with Crippen molar-refractivity contribution in [1.82, 2.24) is 0 Å². The number of nitro benzene ring substituents is 1.